The number of nitrogens with one attached hydrogen (secondary N) is 2. The molecule has 3 aromatic rings. The summed E-state index contributed by atoms with van der Waals surface area (Å²) in [5.74, 6) is -1.34. The zero-order valence-corrected chi connectivity index (χ0v) is 15.4. The van der Waals surface area contributed by atoms with Crippen LogP contribution in [0.4, 0.5) is 21.5 Å². The number of carbonyl (C=O) groups is 2. The highest BCUT2D eigenvalue weighted by Crippen LogP contribution is 2.17. The first-order valence-electron chi connectivity index (χ1n) is 8.54. The van der Waals surface area contributed by atoms with Crippen LogP contribution in [0.15, 0.2) is 66.9 Å². The number of anilines is 3. The van der Waals surface area contributed by atoms with Crippen molar-refractivity contribution in [2.75, 3.05) is 29.6 Å². The maximum absolute atomic E-state index is 13.2. The Kier molecular flexibility index (Phi) is 5.64. The third kappa shape index (κ3) is 4.70. The van der Waals surface area contributed by atoms with Crippen LogP contribution in [0.3, 0.4) is 0 Å². The molecule has 28 heavy (non-hydrogen) atoms. The predicted octanol–water partition coefficient (Wildman–Crippen LogP) is 3.79. The third-order valence-electron chi connectivity index (χ3n) is 3.98. The highest BCUT2D eigenvalue weighted by molar-refractivity contribution is 6.07. The van der Waals surface area contributed by atoms with Gasteiger partial charge < -0.3 is 15.5 Å². The Bertz CT molecular complexity index is 1000. The van der Waals surface area contributed by atoms with Crippen LogP contribution < -0.4 is 15.5 Å². The molecule has 0 fully saturated rings. The van der Waals surface area contributed by atoms with E-state index in [9.17, 15) is 14.0 Å². The van der Waals surface area contributed by atoms with Gasteiger partial charge in [0.1, 0.15) is 11.5 Å². The molecule has 0 unspecified atom stereocenters. The fraction of sp³-hybridized carbons (Fsp3) is 0.0952. The van der Waals surface area contributed by atoms with Crippen molar-refractivity contribution in [2.45, 2.75) is 0 Å². The molecular weight excluding hydrogens is 359 g/mol. The average Bonchev–Trinajstić information content (AvgIpc) is 2.68. The molecule has 0 atom stereocenters. The number of benzene rings is 2. The molecule has 0 aliphatic rings. The summed E-state index contributed by atoms with van der Waals surface area (Å²) in [4.78, 5) is 30.8. The summed E-state index contributed by atoms with van der Waals surface area (Å²) in [5.41, 5.74) is 2.30. The highest BCUT2D eigenvalue weighted by atomic mass is 19.1. The number of hydrogen-bond donors (Lipinski definition) is 2. The van der Waals surface area contributed by atoms with E-state index in [1.165, 1.54) is 36.5 Å². The molecule has 0 radical (unpaired) electrons. The molecule has 1 aromatic heterocycles. The summed E-state index contributed by atoms with van der Waals surface area (Å²) in [6, 6.07) is 15.8. The molecule has 2 N–H and O–H groups in total. The van der Waals surface area contributed by atoms with E-state index in [1.807, 2.05) is 31.1 Å². The Morgan fingerprint density at radius 2 is 1.61 bits per heavy atom. The monoisotopic (exact) mass is 378 g/mol. The van der Waals surface area contributed by atoms with Crippen molar-refractivity contribution in [1.29, 1.82) is 0 Å². The molecule has 6 nitrogen and oxygen atoms in total. The minimum absolute atomic E-state index is 0.101. The van der Waals surface area contributed by atoms with E-state index in [1.54, 1.807) is 18.2 Å². The summed E-state index contributed by atoms with van der Waals surface area (Å²) in [6.45, 7) is 0. The first-order valence-corrected chi connectivity index (χ1v) is 8.54. The summed E-state index contributed by atoms with van der Waals surface area (Å²) < 4.78 is 13.2. The normalized spacial score (nSPS) is 10.2. The zero-order valence-electron chi connectivity index (χ0n) is 15.4. The molecule has 142 valence electrons. The SMILES string of the molecule is CN(C)c1ccc(NC(=O)c2cc(C(=O)Nc3cccc(F)c3)ccn2)cc1. The van der Waals surface area contributed by atoms with Crippen LogP contribution in [-0.2, 0) is 0 Å². The second kappa shape index (κ2) is 8.30. The quantitative estimate of drug-likeness (QED) is 0.708. The molecule has 3 rings (SSSR count). The lowest BCUT2D eigenvalue weighted by molar-refractivity contribution is 0.102. The second-order valence-electron chi connectivity index (χ2n) is 6.29. The summed E-state index contributed by atoms with van der Waals surface area (Å²) >= 11 is 0. The number of aromatic nitrogens is 1. The highest BCUT2D eigenvalue weighted by Gasteiger charge is 2.13. The van der Waals surface area contributed by atoms with Gasteiger partial charge in [0.25, 0.3) is 11.8 Å². The van der Waals surface area contributed by atoms with E-state index in [2.05, 4.69) is 15.6 Å². The molecule has 0 saturated carbocycles. The second-order valence-corrected chi connectivity index (χ2v) is 6.29. The van der Waals surface area contributed by atoms with Gasteiger partial charge in [0.05, 0.1) is 0 Å². The van der Waals surface area contributed by atoms with Crippen molar-refractivity contribution in [3.63, 3.8) is 0 Å². The number of carbonyl (C=O) groups excluding carboxylic acids is 2. The van der Waals surface area contributed by atoms with Gasteiger partial charge >= 0.3 is 0 Å². The molecule has 7 heteroatoms. The number of rotatable bonds is 5. The zero-order chi connectivity index (χ0) is 20.1. The molecule has 2 amide bonds. The van der Waals surface area contributed by atoms with Gasteiger partial charge in [-0.1, -0.05) is 6.07 Å². The van der Waals surface area contributed by atoms with Crippen LogP contribution in [0.5, 0.6) is 0 Å². The predicted molar refractivity (Wildman–Crippen MR) is 107 cm³/mol. The Hall–Kier alpha value is -3.74. The van der Waals surface area contributed by atoms with Crippen LogP contribution in [-0.4, -0.2) is 30.9 Å². The lowest BCUT2D eigenvalue weighted by Gasteiger charge is -2.13. The molecule has 0 bridgehead atoms. The number of halogens is 1. The molecular formula is C21H19FN4O2. The smallest absolute Gasteiger partial charge is 0.274 e. The van der Waals surface area contributed by atoms with E-state index < -0.39 is 17.6 Å². The van der Waals surface area contributed by atoms with Crippen molar-refractivity contribution in [1.82, 2.24) is 4.98 Å². The fourth-order valence-corrected chi connectivity index (χ4v) is 2.50. The van der Waals surface area contributed by atoms with Crippen LogP contribution in [0.2, 0.25) is 0 Å². The first-order chi connectivity index (χ1) is 13.4. The van der Waals surface area contributed by atoms with E-state index in [4.69, 9.17) is 0 Å². The van der Waals surface area contributed by atoms with E-state index in [0.717, 1.165) is 5.69 Å². The summed E-state index contributed by atoms with van der Waals surface area (Å²) in [7, 11) is 3.86. The molecule has 0 aliphatic carbocycles. The molecule has 0 spiro atoms. The van der Waals surface area contributed by atoms with Gasteiger partial charge in [0.2, 0.25) is 0 Å². The summed E-state index contributed by atoms with van der Waals surface area (Å²) in [6.07, 6.45) is 1.38. The van der Waals surface area contributed by atoms with Crippen LogP contribution >= 0.6 is 0 Å². The van der Waals surface area contributed by atoms with E-state index in [-0.39, 0.29) is 11.3 Å². The van der Waals surface area contributed by atoms with Crippen molar-refractivity contribution in [3.05, 3.63) is 83.9 Å². The van der Waals surface area contributed by atoms with Gasteiger partial charge in [-0.25, -0.2) is 4.39 Å². The Morgan fingerprint density at radius 3 is 2.29 bits per heavy atom. The largest absolute Gasteiger partial charge is 0.378 e. The lowest BCUT2D eigenvalue weighted by atomic mass is 10.2. The number of hydrogen-bond acceptors (Lipinski definition) is 4. The topological polar surface area (TPSA) is 74.3 Å². The van der Waals surface area contributed by atoms with Crippen molar-refractivity contribution in [3.8, 4) is 0 Å². The standard InChI is InChI=1S/C21H19FN4O2/c1-26(2)18-8-6-16(7-9-18)24-21(28)19-12-14(10-11-23-19)20(27)25-17-5-3-4-15(22)13-17/h3-13H,1-2H3,(H,24,28)(H,25,27). The maximum atomic E-state index is 13.2. The van der Waals surface area contributed by atoms with E-state index >= 15 is 0 Å². The maximum Gasteiger partial charge on any atom is 0.274 e. The first kappa shape index (κ1) is 19.0. The number of nitrogens with zero attached hydrogens (tertiary/aromatic N) is 2. The van der Waals surface area contributed by atoms with Crippen LogP contribution in [0.25, 0.3) is 0 Å². The Labute approximate surface area is 162 Å². The average molecular weight is 378 g/mol. The molecule has 0 saturated heterocycles. The number of amides is 2. The van der Waals surface area contributed by atoms with Crippen molar-refractivity contribution < 1.29 is 14.0 Å². The molecule has 0 aliphatic heterocycles. The van der Waals surface area contributed by atoms with Crippen molar-refractivity contribution >= 4 is 28.9 Å². The van der Waals surface area contributed by atoms with Crippen molar-refractivity contribution in [2.24, 2.45) is 0 Å². The lowest BCUT2D eigenvalue weighted by Crippen LogP contribution is -2.17. The van der Waals surface area contributed by atoms with Gasteiger partial charge in [-0.2, -0.15) is 0 Å². The van der Waals surface area contributed by atoms with Gasteiger partial charge in [0, 0.05) is 42.9 Å². The van der Waals surface area contributed by atoms with Gasteiger partial charge in [0.15, 0.2) is 0 Å². The minimum atomic E-state index is -0.461. The minimum Gasteiger partial charge on any atom is -0.378 e. The van der Waals surface area contributed by atoms with Gasteiger partial charge in [-0.05, 0) is 54.6 Å². The molecule has 2 aromatic carbocycles. The Balaban J connectivity index is 1.71. The van der Waals surface area contributed by atoms with Gasteiger partial charge in [-0.15, -0.1) is 0 Å². The van der Waals surface area contributed by atoms with Gasteiger partial charge in [-0.3, -0.25) is 14.6 Å². The van der Waals surface area contributed by atoms with E-state index in [0.29, 0.717) is 11.4 Å². The fourth-order valence-electron chi connectivity index (χ4n) is 2.50. The third-order valence-corrected chi connectivity index (χ3v) is 3.98. The number of pyridine rings is 1. The summed E-state index contributed by atoms with van der Waals surface area (Å²) in [5, 5.41) is 5.34. The van der Waals surface area contributed by atoms with Crippen LogP contribution in [0, 0.1) is 5.82 Å². The molecule has 1 heterocycles. The Morgan fingerprint density at radius 1 is 0.893 bits per heavy atom. The van der Waals surface area contributed by atoms with Crippen LogP contribution in [0.1, 0.15) is 20.8 Å².